The van der Waals surface area contributed by atoms with Gasteiger partial charge in [0.25, 0.3) is 0 Å². The molecule has 0 saturated heterocycles. The van der Waals surface area contributed by atoms with Crippen LogP contribution in [0.3, 0.4) is 0 Å². The first-order valence-electron chi connectivity index (χ1n) is 9.66. The summed E-state index contributed by atoms with van der Waals surface area (Å²) in [5.41, 5.74) is 1.08. The summed E-state index contributed by atoms with van der Waals surface area (Å²) in [6, 6.07) is -0.993. The number of aryl methyl sites for hydroxylation is 2. The Labute approximate surface area is 170 Å². The number of hydrogen-bond acceptors (Lipinski definition) is 7. The van der Waals surface area contributed by atoms with Gasteiger partial charge in [0.05, 0.1) is 25.2 Å². The Morgan fingerprint density at radius 2 is 2.03 bits per heavy atom. The standard InChI is InChI=1S/C19H31N5O5/c1-12-18(13(2)29-23-12)22-19(27)21-15-7-6-14(28-16(15)11-25)10-17(26)20-8-5-9-24(3)4/h6-7,14-16,25H,5,8-11H2,1-4H3,(H,20,26)(H2,21,22,27)/t14-,15-,16-/m1/s1. The van der Waals surface area contributed by atoms with E-state index in [1.165, 1.54) is 0 Å². The van der Waals surface area contributed by atoms with Crippen molar-refractivity contribution in [1.82, 2.24) is 20.7 Å². The third-order valence-corrected chi connectivity index (χ3v) is 4.52. The molecule has 29 heavy (non-hydrogen) atoms. The van der Waals surface area contributed by atoms with E-state index in [1.807, 2.05) is 14.1 Å². The summed E-state index contributed by atoms with van der Waals surface area (Å²) in [6.07, 6.45) is 3.39. The molecule has 0 bridgehead atoms. The topological polar surface area (TPSA) is 129 Å². The van der Waals surface area contributed by atoms with Gasteiger partial charge in [-0.2, -0.15) is 0 Å². The Hall–Kier alpha value is -2.43. The highest BCUT2D eigenvalue weighted by Gasteiger charge is 2.29. The lowest BCUT2D eigenvalue weighted by Gasteiger charge is -2.31. The van der Waals surface area contributed by atoms with Crippen molar-refractivity contribution in [2.24, 2.45) is 0 Å². The Bertz CT molecular complexity index is 698. The van der Waals surface area contributed by atoms with Crippen molar-refractivity contribution in [3.8, 4) is 0 Å². The van der Waals surface area contributed by atoms with Crippen LogP contribution >= 0.6 is 0 Å². The number of anilines is 1. The molecular weight excluding hydrogens is 378 g/mol. The number of aliphatic hydroxyl groups excluding tert-OH is 1. The largest absolute Gasteiger partial charge is 0.394 e. The SMILES string of the molecule is Cc1noc(C)c1NC(=O)N[C@@H]1C=C[C@H](CC(=O)NCCCN(C)C)O[C@@H]1CO. The molecule has 10 nitrogen and oxygen atoms in total. The number of carbonyl (C=O) groups excluding carboxylic acids is 2. The summed E-state index contributed by atoms with van der Waals surface area (Å²) >= 11 is 0. The fourth-order valence-electron chi connectivity index (χ4n) is 2.98. The van der Waals surface area contributed by atoms with E-state index in [0.717, 1.165) is 13.0 Å². The third kappa shape index (κ3) is 7.15. The van der Waals surface area contributed by atoms with Crippen molar-refractivity contribution in [1.29, 1.82) is 0 Å². The molecule has 3 atom stereocenters. The zero-order valence-electron chi connectivity index (χ0n) is 17.4. The fourth-order valence-corrected chi connectivity index (χ4v) is 2.98. The van der Waals surface area contributed by atoms with Crippen molar-refractivity contribution in [3.05, 3.63) is 23.6 Å². The molecule has 1 aromatic rings. The maximum absolute atomic E-state index is 12.3. The molecule has 0 fully saturated rings. The van der Waals surface area contributed by atoms with Crippen LogP contribution in [0.15, 0.2) is 16.7 Å². The van der Waals surface area contributed by atoms with Gasteiger partial charge in [-0.05, 0) is 40.9 Å². The van der Waals surface area contributed by atoms with E-state index in [1.54, 1.807) is 26.0 Å². The number of aliphatic hydroxyl groups is 1. The molecule has 1 aliphatic rings. The number of nitrogens with one attached hydrogen (secondary N) is 3. The molecule has 3 amide bonds. The van der Waals surface area contributed by atoms with Gasteiger partial charge in [0.1, 0.15) is 17.5 Å². The van der Waals surface area contributed by atoms with E-state index >= 15 is 0 Å². The van der Waals surface area contributed by atoms with Crippen molar-refractivity contribution in [2.45, 2.75) is 44.9 Å². The summed E-state index contributed by atoms with van der Waals surface area (Å²) in [5.74, 6) is 0.390. The molecule has 0 radical (unpaired) electrons. The number of aromatic nitrogens is 1. The van der Waals surface area contributed by atoms with Crippen LogP contribution in [0.1, 0.15) is 24.3 Å². The minimum atomic E-state index is -0.651. The molecule has 1 aromatic heterocycles. The molecule has 0 unspecified atom stereocenters. The molecule has 0 aromatic carbocycles. The van der Waals surface area contributed by atoms with Crippen LogP contribution in [0.25, 0.3) is 0 Å². The number of amides is 3. The molecular formula is C19H31N5O5. The zero-order valence-corrected chi connectivity index (χ0v) is 17.4. The van der Waals surface area contributed by atoms with E-state index < -0.39 is 24.3 Å². The Morgan fingerprint density at radius 1 is 1.28 bits per heavy atom. The highest BCUT2D eigenvalue weighted by Crippen LogP contribution is 2.19. The Kier molecular flexibility index (Phi) is 8.62. The summed E-state index contributed by atoms with van der Waals surface area (Å²) < 4.78 is 10.8. The van der Waals surface area contributed by atoms with Gasteiger partial charge < -0.3 is 35.2 Å². The monoisotopic (exact) mass is 409 g/mol. The fraction of sp³-hybridized carbons (Fsp3) is 0.632. The van der Waals surface area contributed by atoms with Crippen LogP contribution in [0.2, 0.25) is 0 Å². The molecule has 4 N–H and O–H groups in total. The van der Waals surface area contributed by atoms with E-state index in [0.29, 0.717) is 23.7 Å². The number of ether oxygens (including phenoxy) is 1. The second-order valence-electron chi connectivity index (χ2n) is 7.31. The highest BCUT2D eigenvalue weighted by molar-refractivity contribution is 5.90. The van der Waals surface area contributed by atoms with Gasteiger partial charge in [-0.1, -0.05) is 17.3 Å². The average molecular weight is 409 g/mol. The molecule has 162 valence electrons. The first-order valence-corrected chi connectivity index (χ1v) is 9.66. The number of rotatable bonds is 9. The first kappa shape index (κ1) is 22.9. The number of hydrogen-bond donors (Lipinski definition) is 4. The maximum atomic E-state index is 12.3. The van der Waals surface area contributed by atoms with Crippen LogP contribution in [-0.4, -0.2) is 79.1 Å². The molecule has 10 heteroatoms. The molecule has 2 heterocycles. The van der Waals surface area contributed by atoms with Crippen LogP contribution in [0.4, 0.5) is 10.5 Å². The second kappa shape index (κ2) is 10.9. The van der Waals surface area contributed by atoms with Gasteiger partial charge in [0.2, 0.25) is 5.91 Å². The van der Waals surface area contributed by atoms with Crippen LogP contribution in [0, 0.1) is 13.8 Å². The van der Waals surface area contributed by atoms with E-state index in [-0.39, 0.29) is 18.9 Å². The van der Waals surface area contributed by atoms with E-state index in [9.17, 15) is 14.7 Å². The van der Waals surface area contributed by atoms with E-state index in [4.69, 9.17) is 9.26 Å². The predicted octanol–water partition coefficient (Wildman–Crippen LogP) is 0.555. The summed E-state index contributed by atoms with van der Waals surface area (Å²) in [6.45, 7) is 4.63. The van der Waals surface area contributed by atoms with E-state index in [2.05, 4.69) is 26.0 Å². The predicted molar refractivity (Wildman–Crippen MR) is 108 cm³/mol. The van der Waals surface area contributed by atoms with Crippen LogP contribution in [-0.2, 0) is 9.53 Å². The van der Waals surface area contributed by atoms with Crippen LogP contribution in [0.5, 0.6) is 0 Å². The van der Waals surface area contributed by atoms with Crippen molar-refractivity contribution in [2.75, 3.05) is 39.1 Å². The van der Waals surface area contributed by atoms with Gasteiger partial charge in [0, 0.05) is 6.54 Å². The average Bonchev–Trinajstić information content (AvgIpc) is 2.98. The molecule has 0 saturated carbocycles. The van der Waals surface area contributed by atoms with Gasteiger partial charge in [-0.15, -0.1) is 0 Å². The lowest BCUT2D eigenvalue weighted by molar-refractivity contribution is -0.125. The summed E-state index contributed by atoms with van der Waals surface area (Å²) in [4.78, 5) is 26.4. The quantitative estimate of drug-likeness (QED) is 0.346. The number of carbonyl (C=O) groups is 2. The minimum Gasteiger partial charge on any atom is -0.394 e. The van der Waals surface area contributed by atoms with Gasteiger partial charge in [-0.25, -0.2) is 4.79 Å². The summed E-state index contributed by atoms with van der Waals surface area (Å²) in [5, 5.41) is 21.7. The zero-order chi connectivity index (χ0) is 21.4. The Morgan fingerprint density at radius 3 is 2.66 bits per heavy atom. The Balaban J connectivity index is 1.83. The summed E-state index contributed by atoms with van der Waals surface area (Å²) in [7, 11) is 3.97. The van der Waals surface area contributed by atoms with Gasteiger partial charge >= 0.3 is 6.03 Å². The highest BCUT2D eigenvalue weighted by atomic mass is 16.5. The lowest BCUT2D eigenvalue weighted by Crippen LogP contribution is -2.50. The lowest BCUT2D eigenvalue weighted by atomic mass is 10.0. The normalized spacial score (nSPS) is 21.2. The van der Waals surface area contributed by atoms with Crippen LogP contribution < -0.4 is 16.0 Å². The minimum absolute atomic E-state index is 0.113. The molecule has 2 rings (SSSR count). The first-order chi connectivity index (χ1) is 13.8. The smallest absolute Gasteiger partial charge is 0.319 e. The molecule has 0 spiro atoms. The third-order valence-electron chi connectivity index (χ3n) is 4.52. The second-order valence-corrected chi connectivity index (χ2v) is 7.31. The number of nitrogens with zero attached hydrogens (tertiary/aromatic N) is 2. The van der Waals surface area contributed by atoms with Gasteiger partial charge in [-0.3, -0.25) is 4.79 Å². The molecule has 1 aliphatic heterocycles. The van der Waals surface area contributed by atoms with Gasteiger partial charge in [0.15, 0.2) is 5.76 Å². The molecule has 0 aliphatic carbocycles. The van der Waals surface area contributed by atoms with Crippen molar-refractivity contribution in [3.63, 3.8) is 0 Å². The van der Waals surface area contributed by atoms with Crippen molar-refractivity contribution >= 4 is 17.6 Å². The number of urea groups is 1. The van der Waals surface area contributed by atoms with Crippen molar-refractivity contribution < 1.29 is 24.0 Å². The maximum Gasteiger partial charge on any atom is 0.319 e.